The molecule has 2 aliphatic heterocycles. The Morgan fingerprint density at radius 3 is 2.22 bits per heavy atom. The SMILES string of the molecule is CC(=O)N1CCN(C(=O)C2CN(C)CCN2)CC1. The molecule has 2 fully saturated rings. The largest absolute Gasteiger partial charge is 0.339 e. The van der Waals surface area contributed by atoms with Crippen molar-refractivity contribution in [3.8, 4) is 0 Å². The molecular weight excluding hydrogens is 232 g/mol. The highest BCUT2D eigenvalue weighted by Crippen LogP contribution is 2.06. The van der Waals surface area contributed by atoms with Crippen LogP contribution >= 0.6 is 0 Å². The molecule has 0 aromatic heterocycles. The van der Waals surface area contributed by atoms with E-state index in [1.54, 1.807) is 11.8 Å². The maximum Gasteiger partial charge on any atom is 0.241 e. The number of hydrogen-bond acceptors (Lipinski definition) is 4. The van der Waals surface area contributed by atoms with Gasteiger partial charge in [-0.3, -0.25) is 9.59 Å². The van der Waals surface area contributed by atoms with Crippen LogP contribution in [0, 0.1) is 0 Å². The molecule has 0 radical (unpaired) electrons. The van der Waals surface area contributed by atoms with Crippen LogP contribution < -0.4 is 5.32 Å². The summed E-state index contributed by atoms with van der Waals surface area (Å²) >= 11 is 0. The van der Waals surface area contributed by atoms with Crippen LogP contribution in [-0.2, 0) is 9.59 Å². The van der Waals surface area contributed by atoms with Crippen molar-refractivity contribution >= 4 is 11.8 Å². The van der Waals surface area contributed by atoms with Gasteiger partial charge in [0.1, 0.15) is 0 Å². The highest BCUT2D eigenvalue weighted by atomic mass is 16.2. The first-order valence-electron chi connectivity index (χ1n) is 6.54. The van der Waals surface area contributed by atoms with Gasteiger partial charge in [0.25, 0.3) is 0 Å². The molecule has 0 spiro atoms. The minimum atomic E-state index is -0.0902. The fourth-order valence-electron chi connectivity index (χ4n) is 2.52. The van der Waals surface area contributed by atoms with Gasteiger partial charge in [-0.2, -0.15) is 0 Å². The first-order valence-corrected chi connectivity index (χ1v) is 6.54. The predicted octanol–water partition coefficient (Wildman–Crippen LogP) is -1.42. The Labute approximate surface area is 108 Å². The minimum absolute atomic E-state index is 0.0902. The molecule has 1 N–H and O–H groups in total. The molecule has 1 atom stereocenters. The smallest absolute Gasteiger partial charge is 0.241 e. The molecule has 2 heterocycles. The van der Waals surface area contributed by atoms with Gasteiger partial charge >= 0.3 is 0 Å². The van der Waals surface area contributed by atoms with E-state index in [2.05, 4.69) is 10.2 Å². The van der Waals surface area contributed by atoms with E-state index in [-0.39, 0.29) is 17.9 Å². The number of amides is 2. The number of nitrogens with one attached hydrogen (secondary N) is 1. The molecule has 18 heavy (non-hydrogen) atoms. The number of hydrogen-bond donors (Lipinski definition) is 1. The molecule has 2 saturated heterocycles. The fourth-order valence-corrected chi connectivity index (χ4v) is 2.52. The van der Waals surface area contributed by atoms with E-state index >= 15 is 0 Å². The molecule has 6 heteroatoms. The van der Waals surface area contributed by atoms with Crippen LogP contribution in [0.15, 0.2) is 0 Å². The van der Waals surface area contributed by atoms with Crippen LogP contribution in [0.25, 0.3) is 0 Å². The zero-order valence-corrected chi connectivity index (χ0v) is 11.2. The zero-order chi connectivity index (χ0) is 13.1. The summed E-state index contributed by atoms with van der Waals surface area (Å²) in [4.78, 5) is 29.4. The van der Waals surface area contributed by atoms with Gasteiger partial charge in [0.15, 0.2) is 0 Å². The molecule has 2 aliphatic rings. The first kappa shape index (κ1) is 13.3. The highest BCUT2D eigenvalue weighted by molar-refractivity contribution is 5.82. The Bertz CT molecular complexity index is 326. The van der Waals surface area contributed by atoms with Crippen LogP contribution in [0.2, 0.25) is 0 Å². The molecule has 0 aliphatic carbocycles. The Morgan fingerprint density at radius 2 is 1.67 bits per heavy atom. The predicted molar refractivity (Wildman–Crippen MR) is 68.1 cm³/mol. The molecule has 0 aromatic rings. The molecule has 1 unspecified atom stereocenters. The lowest BCUT2D eigenvalue weighted by molar-refractivity contribution is -0.140. The Balaban J connectivity index is 1.85. The standard InChI is InChI=1S/C12H22N4O2/c1-10(17)15-5-7-16(8-6-15)12(18)11-9-14(2)4-3-13-11/h11,13H,3-9H2,1-2H3. The molecule has 102 valence electrons. The van der Waals surface area contributed by atoms with Crippen LogP contribution in [-0.4, -0.2) is 85.4 Å². The van der Waals surface area contributed by atoms with E-state index in [4.69, 9.17) is 0 Å². The van der Waals surface area contributed by atoms with Crippen LogP contribution in [0.4, 0.5) is 0 Å². The third-order valence-corrected chi connectivity index (χ3v) is 3.71. The molecule has 2 rings (SSSR count). The van der Waals surface area contributed by atoms with Crippen LogP contribution in [0.5, 0.6) is 0 Å². The van der Waals surface area contributed by atoms with Gasteiger partial charge < -0.3 is 20.0 Å². The molecule has 6 nitrogen and oxygen atoms in total. The summed E-state index contributed by atoms with van der Waals surface area (Å²) in [5.74, 6) is 0.266. The normalized spacial score (nSPS) is 26.2. The topological polar surface area (TPSA) is 55.9 Å². The average Bonchev–Trinajstić information content (AvgIpc) is 2.38. The van der Waals surface area contributed by atoms with Crippen molar-refractivity contribution in [2.45, 2.75) is 13.0 Å². The van der Waals surface area contributed by atoms with Crippen LogP contribution in [0.3, 0.4) is 0 Å². The molecule has 0 aromatic carbocycles. The molecular formula is C12H22N4O2. The van der Waals surface area contributed by atoms with E-state index in [0.717, 1.165) is 19.6 Å². The monoisotopic (exact) mass is 254 g/mol. The second-order valence-corrected chi connectivity index (χ2v) is 5.10. The lowest BCUT2D eigenvalue weighted by Gasteiger charge is -2.38. The van der Waals surface area contributed by atoms with Gasteiger partial charge in [-0.15, -0.1) is 0 Å². The number of rotatable bonds is 1. The maximum atomic E-state index is 12.3. The van der Waals surface area contributed by atoms with Crippen molar-refractivity contribution in [3.63, 3.8) is 0 Å². The summed E-state index contributed by atoms with van der Waals surface area (Å²) in [6.45, 7) is 6.82. The summed E-state index contributed by atoms with van der Waals surface area (Å²) in [5, 5.41) is 3.27. The Morgan fingerprint density at radius 1 is 1.06 bits per heavy atom. The summed E-state index contributed by atoms with van der Waals surface area (Å²) < 4.78 is 0. The van der Waals surface area contributed by atoms with Crippen molar-refractivity contribution in [3.05, 3.63) is 0 Å². The maximum absolute atomic E-state index is 12.3. The summed E-state index contributed by atoms with van der Waals surface area (Å²) in [5.41, 5.74) is 0. The second kappa shape index (κ2) is 5.67. The molecule has 2 amide bonds. The van der Waals surface area contributed by atoms with Gasteiger partial charge in [-0.25, -0.2) is 0 Å². The highest BCUT2D eigenvalue weighted by Gasteiger charge is 2.30. The number of carbonyl (C=O) groups excluding carboxylic acids is 2. The van der Waals surface area contributed by atoms with Crippen LogP contribution in [0.1, 0.15) is 6.92 Å². The zero-order valence-electron chi connectivity index (χ0n) is 11.2. The van der Waals surface area contributed by atoms with E-state index in [9.17, 15) is 9.59 Å². The molecule has 0 saturated carbocycles. The Kier molecular flexibility index (Phi) is 4.19. The molecule has 0 bridgehead atoms. The first-order chi connectivity index (χ1) is 8.58. The van der Waals surface area contributed by atoms with E-state index < -0.39 is 0 Å². The van der Waals surface area contributed by atoms with Gasteiger partial charge in [-0.1, -0.05) is 0 Å². The number of likely N-dealkylation sites (N-methyl/N-ethyl adjacent to an activating group) is 1. The number of carbonyl (C=O) groups is 2. The van der Waals surface area contributed by atoms with Gasteiger partial charge in [0.2, 0.25) is 11.8 Å². The van der Waals surface area contributed by atoms with Crippen molar-refractivity contribution in [2.24, 2.45) is 0 Å². The minimum Gasteiger partial charge on any atom is -0.339 e. The fraction of sp³-hybridized carbons (Fsp3) is 0.833. The van der Waals surface area contributed by atoms with Crippen molar-refractivity contribution in [1.82, 2.24) is 20.0 Å². The summed E-state index contributed by atoms with van der Waals surface area (Å²) in [6, 6.07) is -0.0902. The summed E-state index contributed by atoms with van der Waals surface area (Å²) in [6.07, 6.45) is 0. The van der Waals surface area contributed by atoms with Crippen molar-refractivity contribution < 1.29 is 9.59 Å². The van der Waals surface area contributed by atoms with E-state index in [1.807, 2.05) is 11.9 Å². The van der Waals surface area contributed by atoms with Gasteiger partial charge in [-0.05, 0) is 7.05 Å². The summed E-state index contributed by atoms with van der Waals surface area (Å²) in [7, 11) is 2.04. The lowest BCUT2D eigenvalue weighted by atomic mass is 10.1. The van der Waals surface area contributed by atoms with Crippen molar-refractivity contribution in [2.75, 3.05) is 52.9 Å². The lowest BCUT2D eigenvalue weighted by Crippen LogP contribution is -2.60. The average molecular weight is 254 g/mol. The third-order valence-electron chi connectivity index (χ3n) is 3.71. The number of piperazine rings is 2. The van der Waals surface area contributed by atoms with Gasteiger partial charge in [0.05, 0.1) is 6.04 Å². The second-order valence-electron chi connectivity index (χ2n) is 5.10. The van der Waals surface area contributed by atoms with E-state index in [0.29, 0.717) is 26.2 Å². The van der Waals surface area contributed by atoms with Crippen molar-refractivity contribution in [1.29, 1.82) is 0 Å². The Hall–Kier alpha value is -1.14. The van der Waals surface area contributed by atoms with Gasteiger partial charge in [0, 0.05) is 52.7 Å². The quantitative estimate of drug-likeness (QED) is 0.624. The number of nitrogens with zero attached hydrogens (tertiary/aromatic N) is 3. The van der Waals surface area contributed by atoms with E-state index in [1.165, 1.54) is 0 Å². The third kappa shape index (κ3) is 3.00.